The summed E-state index contributed by atoms with van der Waals surface area (Å²) in [5.41, 5.74) is -2.05. The van der Waals surface area contributed by atoms with Crippen LogP contribution in [-0.2, 0) is 6.18 Å². The molecule has 0 unspecified atom stereocenters. The van der Waals surface area contributed by atoms with Gasteiger partial charge in [-0.2, -0.15) is 18.3 Å². The first kappa shape index (κ1) is 15.5. The van der Waals surface area contributed by atoms with Crippen molar-refractivity contribution in [2.75, 3.05) is 5.32 Å². The van der Waals surface area contributed by atoms with Crippen molar-refractivity contribution < 1.29 is 22.9 Å². The van der Waals surface area contributed by atoms with Gasteiger partial charge in [-0.05, 0) is 25.1 Å². The number of nitro groups is 1. The Morgan fingerprint density at radius 2 is 2.09 bits per heavy atom. The fraction of sp³-hybridized carbons (Fsp3) is 0.167. The Balaban J connectivity index is 2.29. The predicted molar refractivity (Wildman–Crippen MR) is 69.4 cm³/mol. The summed E-state index contributed by atoms with van der Waals surface area (Å²) in [7, 11) is 0. The molecule has 0 aliphatic rings. The van der Waals surface area contributed by atoms with Gasteiger partial charge >= 0.3 is 11.9 Å². The van der Waals surface area contributed by atoms with Gasteiger partial charge in [0.15, 0.2) is 0 Å². The lowest BCUT2D eigenvalue weighted by Gasteiger charge is -2.09. The van der Waals surface area contributed by atoms with Gasteiger partial charge in [0.05, 0.1) is 10.5 Å². The van der Waals surface area contributed by atoms with Crippen LogP contribution in [0, 0.1) is 17.0 Å². The Morgan fingerprint density at radius 1 is 1.41 bits per heavy atom. The smallest absolute Gasteiger partial charge is 0.320 e. The van der Waals surface area contributed by atoms with Crippen LogP contribution in [0.3, 0.4) is 0 Å². The van der Waals surface area contributed by atoms with Crippen LogP contribution in [0.25, 0.3) is 0 Å². The van der Waals surface area contributed by atoms with Crippen molar-refractivity contribution in [1.29, 1.82) is 0 Å². The minimum Gasteiger partial charge on any atom is -0.320 e. The number of alkyl halides is 3. The Morgan fingerprint density at radius 3 is 2.68 bits per heavy atom. The highest BCUT2D eigenvalue weighted by atomic mass is 19.4. The molecule has 116 valence electrons. The molecule has 10 heteroatoms. The zero-order valence-corrected chi connectivity index (χ0v) is 11.1. The number of carbonyl (C=O) groups excluding carboxylic acids is 1. The van der Waals surface area contributed by atoms with E-state index in [1.54, 1.807) is 0 Å². The van der Waals surface area contributed by atoms with E-state index < -0.39 is 34.0 Å². The van der Waals surface area contributed by atoms with E-state index in [9.17, 15) is 28.1 Å². The molecule has 2 rings (SSSR count). The van der Waals surface area contributed by atoms with Crippen molar-refractivity contribution in [1.82, 2.24) is 10.2 Å². The monoisotopic (exact) mass is 314 g/mol. The number of aryl methyl sites for hydroxylation is 1. The first-order chi connectivity index (χ1) is 10.2. The van der Waals surface area contributed by atoms with E-state index in [-0.39, 0.29) is 11.4 Å². The van der Waals surface area contributed by atoms with Crippen LogP contribution in [0.2, 0.25) is 0 Å². The number of hydrogen-bond donors (Lipinski definition) is 2. The number of anilines is 1. The predicted octanol–water partition coefficient (Wildman–Crippen LogP) is 2.90. The van der Waals surface area contributed by atoms with Gasteiger partial charge in [-0.15, -0.1) is 0 Å². The molecule has 0 saturated carbocycles. The number of rotatable bonds is 3. The Bertz CT molecular complexity index is 739. The Kier molecular flexibility index (Phi) is 3.85. The second-order valence-corrected chi connectivity index (χ2v) is 4.34. The topological polar surface area (TPSA) is 101 Å². The molecular weight excluding hydrogens is 305 g/mol. The number of H-pyrrole nitrogens is 1. The van der Waals surface area contributed by atoms with Crippen LogP contribution in [-0.4, -0.2) is 21.0 Å². The molecular formula is C12H9F3N4O3. The number of nitrogens with one attached hydrogen (secondary N) is 2. The molecule has 1 aromatic heterocycles. The van der Waals surface area contributed by atoms with Gasteiger partial charge in [-0.1, -0.05) is 6.07 Å². The summed E-state index contributed by atoms with van der Waals surface area (Å²) in [5.74, 6) is -0.977. The zero-order valence-electron chi connectivity index (χ0n) is 11.1. The van der Waals surface area contributed by atoms with Gasteiger partial charge in [-0.25, -0.2) is 0 Å². The molecule has 2 N–H and O–H groups in total. The fourth-order valence-corrected chi connectivity index (χ4v) is 1.77. The second kappa shape index (κ2) is 5.47. The summed E-state index contributed by atoms with van der Waals surface area (Å²) in [6, 6.07) is 3.92. The summed E-state index contributed by atoms with van der Waals surface area (Å²) < 4.78 is 37.7. The summed E-state index contributed by atoms with van der Waals surface area (Å²) >= 11 is 0. The average molecular weight is 314 g/mol. The van der Waals surface area contributed by atoms with E-state index in [4.69, 9.17) is 0 Å². The van der Waals surface area contributed by atoms with Gasteiger partial charge in [-0.3, -0.25) is 20.0 Å². The maximum atomic E-state index is 12.6. The van der Waals surface area contributed by atoms with E-state index in [2.05, 4.69) is 15.5 Å². The van der Waals surface area contributed by atoms with E-state index in [1.807, 2.05) is 0 Å². The minimum atomic E-state index is -4.56. The van der Waals surface area contributed by atoms with E-state index in [1.165, 1.54) is 13.0 Å². The van der Waals surface area contributed by atoms with Gasteiger partial charge in [0, 0.05) is 5.69 Å². The summed E-state index contributed by atoms with van der Waals surface area (Å²) in [5, 5.41) is 18.8. The van der Waals surface area contributed by atoms with Gasteiger partial charge in [0.1, 0.15) is 5.69 Å². The van der Waals surface area contributed by atoms with Gasteiger partial charge in [0.25, 0.3) is 5.91 Å². The van der Waals surface area contributed by atoms with Crippen molar-refractivity contribution in [2.24, 2.45) is 0 Å². The molecule has 0 aliphatic carbocycles. The van der Waals surface area contributed by atoms with Crippen molar-refractivity contribution in [3.8, 4) is 0 Å². The molecule has 2 aromatic rings. The molecule has 7 nitrogen and oxygen atoms in total. The molecule has 0 saturated heterocycles. The van der Waals surface area contributed by atoms with Crippen LogP contribution in [0.5, 0.6) is 0 Å². The number of hydrogen-bond acceptors (Lipinski definition) is 4. The first-order valence-corrected chi connectivity index (χ1v) is 5.88. The van der Waals surface area contributed by atoms with Gasteiger partial charge < -0.3 is 5.32 Å². The molecule has 22 heavy (non-hydrogen) atoms. The van der Waals surface area contributed by atoms with E-state index >= 15 is 0 Å². The standard InChI is InChI=1S/C12H9F3N4O3/c1-6-10(19(21)22)9(18-17-6)11(20)16-8-4-2-3-7(5-8)12(13,14)15/h2-5H,1H3,(H,16,20)(H,17,18). The lowest BCUT2D eigenvalue weighted by atomic mass is 10.2. The van der Waals surface area contributed by atoms with Crippen LogP contribution in [0.15, 0.2) is 24.3 Å². The Hall–Kier alpha value is -2.91. The molecule has 0 bridgehead atoms. The number of nitrogens with zero attached hydrogens (tertiary/aromatic N) is 2. The van der Waals surface area contributed by atoms with E-state index in [0.717, 1.165) is 18.2 Å². The average Bonchev–Trinajstić information content (AvgIpc) is 2.80. The Labute approximate surface area is 121 Å². The summed E-state index contributed by atoms with van der Waals surface area (Å²) in [6.45, 7) is 1.35. The highest BCUT2D eigenvalue weighted by Crippen LogP contribution is 2.31. The lowest BCUT2D eigenvalue weighted by molar-refractivity contribution is -0.385. The second-order valence-electron chi connectivity index (χ2n) is 4.34. The number of halogens is 3. The van der Waals surface area contributed by atoms with Crippen molar-refractivity contribution >= 4 is 17.3 Å². The normalized spacial score (nSPS) is 11.3. The van der Waals surface area contributed by atoms with Crippen LogP contribution < -0.4 is 5.32 Å². The molecule has 0 spiro atoms. The summed E-state index contributed by atoms with van der Waals surface area (Å²) in [4.78, 5) is 22.0. The maximum absolute atomic E-state index is 12.6. The quantitative estimate of drug-likeness (QED) is 0.672. The molecule has 0 atom stereocenters. The minimum absolute atomic E-state index is 0.0687. The molecule has 0 radical (unpaired) electrons. The largest absolute Gasteiger partial charge is 0.416 e. The fourth-order valence-electron chi connectivity index (χ4n) is 1.77. The van der Waals surface area contributed by atoms with Crippen molar-refractivity contribution in [3.05, 3.63) is 51.3 Å². The molecule has 0 aliphatic heterocycles. The number of aromatic amines is 1. The van der Waals surface area contributed by atoms with Gasteiger partial charge in [0.2, 0.25) is 5.69 Å². The third-order valence-electron chi connectivity index (χ3n) is 2.76. The molecule has 1 heterocycles. The highest BCUT2D eigenvalue weighted by molar-refractivity contribution is 6.05. The number of aromatic nitrogens is 2. The van der Waals surface area contributed by atoms with E-state index in [0.29, 0.717) is 0 Å². The van der Waals surface area contributed by atoms with Crippen molar-refractivity contribution in [3.63, 3.8) is 0 Å². The number of benzene rings is 1. The molecule has 1 aromatic carbocycles. The third-order valence-corrected chi connectivity index (χ3v) is 2.76. The molecule has 1 amide bonds. The third kappa shape index (κ3) is 3.05. The first-order valence-electron chi connectivity index (χ1n) is 5.88. The SMILES string of the molecule is Cc1[nH]nc(C(=O)Nc2cccc(C(F)(F)F)c2)c1[N+](=O)[O-]. The van der Waals surface area contributed by atoms with Crippen molar-refractivity contribution in [2.45, 2.75) is 13.1 Å². The highest BCUT2D eigenvalue weighted by Gasteiger charge is 2.31. The number of amides is 1. The lowest BCUT2D eigenvalue weighted by Crippen LogP contribution is -2.15. The summed E-state index contributed by atoms with van der Waals surface area (Å²) in [6.07, 6.45) is -4.56. The van der Waals surface area contributed by atoms with Crippen LogP contribution in [0.4, 0.5) is 24.5 Å². The maximum Gasteiger partial charge on any atom is 0.416 e. The zero-order chi connectivity index (χ0) is 16.5. The number of carbonyl (C=O) groups is 1. The van der Waals surface area contributed by atoms with Crippen LogP contribution in [0.1, 0.15) is 21.7 Å². The molecule has 0 fully saturated rings. The van der Waals surface area contributed by atoms with Crippen LogP contribution >= 0.6 is 0 Å².